The van der Waals surface area contributed by atoms with E-state index in [1.807, 2.05) is 18.2 Å². The Balaban J connectivity index is 2.39. The van der Waals surface area contributed by atoms with E-state index in [0.29, 0.717) is 0 Å². The van der Waals surface area contributed by atoms with Crippen LogP contribution >= 0.6 is 0 Å². The molecule has 0 amide bonds. The number of benzene rings is 1. The predicted molar refractivity (Wildman–Crippen MR) is 60.5 cm³/mol. The summed E-state index contributed by atoms with van der Waals surface area (Å²) in [7, 11) is 0. The van der Waals surface area contributed by atoms with Crippen molar-refractivity contribution >= 4 is 5.69 Å². The lowest BCUT2D eigenvalue weighted by Crippen LogP contribution is -2.32. The first-order valence-electron chi connectivity index (χ1n) is 5.42. The van der Waals surface area contributed by atoms with E-state index in [4.69, 9.17) is 4.74 Å². The maximum absolute atomic E-state index is 9.52. The van der Waals surface area contributed by atoms with Gasteiger partial charge >= 0.3 is 0 Å². The molecule has 1 aliphatic rings. The van der Waals surface area contributed by atoms with Crippen molar-refractivity contribution in [2.75, 3.05) is 24.6 Å². The fourth-order valence-electron chi connectivity index (χ4n) is 1.88. The van der Waals surface area contributed by atoms with Crippen LogP contribution in [0.25, 0.3) is 0 Å². The van der Waals surface area contributed by atoms with Crippen molar-refractivity contribution in [2.45, 2.75) is 20.0 Å². The van der Waals surface area contributed by atoms with Gasteiger partial charge in [0.25, 0.3) is 0 Å². The molecule has 1 N–H and O–H groups in total. The van der Waals surface area contributed by atoms with Crippen LogP contribution in [0.4, 0.5) is 5.69 Å². The molecule has 1 heterocycles. The Morgan fingerprint density at radius 1 is 1.53 bits per heavy atom. The molecule has 1 atom stereocenters. The second-order valence-electron chi connectivity index (χ2n) is 3.83. The molecule has 0 aromatic heterocycles. The van der Waals surface area contributed by atoms with Gasteiger partial charge in [-0.05, 0) is 31.5 Å². The topological polar surface area (TPSA) is 32.7 Å². The number of fused-ring (bicyclic) bond motifs is 1. The number of likely N-dealkylation sites (N-methyl/N-ethyl adjacent to an activating group) is 1. The van der Waals surface area contributed by atoms with Gasteiger partial charge in [-0.15, -0.1) is 0 Å². The summed E-state index contributed by atoms with van der Waals surface area (Å²) in [4.78, 5) is 2.27. The zero-order valence-electron chi connectivity index (χ0n) is 9.23. The third-order valence-electron chi connectivity index (χ3n) is 2.81. The standard InChI is InChI=1S/C12H17NO2/c1-3-13-6-7-15-12-5-4-10(9(2)14)8-11(12)13/h4-5,8-9,14H,3,6-7H2,1-2H3. The number of anilines is 1. The smallest absolute Gasteiger partial charge is 0.142 e. The lowest BCUT2D eigenvalue weighted by atomic mass is 10.1. The molecule has 15 heavy (non-hydrogen) atoms. The number of rotatable bonds is 2. The molecule has 3 heteroatoms. The van der Waals surface area contributed by atoms with Crippen molar-refractivity contribution in [3.05, 3.63) is 23.8 Å². The van der Waals surface area contributed by atoms with Crippen LogP contribution in [0.15, 0.2) is 18.2 Å². The maximum atomic E-state index is 9.52. The average Bonchev–Trinajstić information content (AvgIpc) is 2.27. The third kappa shape index (κ3) is 1.92. The quantitative estimate of drug-likeness (QED) is 0.804. The van der Waals surface area contributed by atoms with Crippen molar-refractivity contribution in [1.82, 2.24) is 0 Å². The number of hydrogen-bond donors (Lipinski definition) is 1. The molecule has 82 valence electrons. The van der Waals surface area contributed by atoms with Gasteiger partial charge < -0.3 is 14.7 Å². The number of aliphatic hydroxyl groups is 1. The van der Waals surface area contributed by atoms with Crippen molar-refractivity contribution in [3.8, 4) is 5.75 Å². The number of aliphatic hydroxyl groups excluding tert-OH is 1. The Kier molecular flexibility index (Phi) is 2.82. The third-order valence-corrected chi connectivity index (χ3v) is 2.81. The molecule has 0 radical (unpaired) electrons. The van der Waals surface area contributed by atoms with Gasteiger partial charge in [-0.25, -0.2) is 0 Å². The van der Waals surface area contributed by atoms with Gasteiger partial charge in [-0.2, -0.15) is 0 Å². The zero-order chi connectivity index (χ0) is 10.8. The van der Waals surface area contributed by atoms with Gasteiger partial charge in [0.15, 0.2) is 0 Å². The van der Waals surface area contributed by atoms with E-state index in [0.717, 1.165) is 36.7 Å². The summed E-state index contributed by atoms with van der Waals surface area (Å²) in [6, 6.07) is 5.88. The SMILES string of the molecule is CCN1CCOc2ccc(C(C)O)cc21. The Morgan fingerprint density at radius 3 is 3.00 bits per heavy atom. The predicted octanol–water partition coefficient (Wildman–Crippen LogP) is 1.96. The first kappa shape index (κ1) is 10.3. The number of hydrogen-bond acceptors (Lipinski definition) is 3. The average molecular weight is 207 g/mol. The van der Waals surface area contributed by atoms with Crippen LogP contribution in [-0.4, -0.2) is 24.8 Å². The van der Waals surface area contributed by atoms with E-state index >= 15 is 0 Å². The van der Waals surface area contributed by atoms with E-state index in [9.17, 15) is 5.11 Å². The van der Waals surface area contributed by atoms with E-state index in [2.05, 4.69) is 11.8 Å². The Morgan fingerprint density at radius 2 is 2.33 bits per heavy atom. The summed E-state index contributed by atoms with van der Waals surface area (Å²) < 4.78 is 5.57. The normalized spacial score (nSPS) is 16.9. The molecule has 1 unspecified atom stereocenters. The van der Waals surface area contributed by atoms with Crippen LogP contribution < -0.4 is 9.64 Å². The molecule has 0 aliphatic carbocycles. The monoisotopic (exact) mass is 207 g/mol. The Bertz CT molecular complexity index is 349. The molecule has 0 bridgehead atoms. The maximum Gasteiger partial charge on any atom is 0.142 e. The molecule has 3 nitrogen and oxygen atoms in total. The van der Waals surface area contributed by atoms with Gasteiger partial charge in [-0.1, -0.05) is 6.07 Å². The number of ether oxygens (including phenoxy) is 1. The summed E-state index contributed by atoms with van der Waals surface area (Å²) in [5.41, 5.74) is 2.04. The molecule has 1 aromatic carbocycles. The second-order valence-corrected chi connectivity index (χ2v) is 3.83. The summed E-state index contributed by atoms with van der Waals surface area (Å²) in [5.74, 6) is 0.924. The molecule has 0 spiro atoms. The highest BCUT2D eigenvalue weighted by Gasteiger charge is 2.17. The minimum Gasteiger partial charge on any atom is -0.490 e. The summed E-state index contributed by atoms with van der Waals surface area (Å²) in [6.07, 6.45) is -0.420. The first-order chi connectivity index (χ1) is 7.22. The molecule has 0 fully saturated rings. The van der Waals surface area contributed by atoms with Crippen molar-refractivity contribution < 1.29 is 9.84 Å². The summed E-state index contributed by atoms with van der Waals surface area (Å²) >= 11 is 0. The summed E-state index contributed by atoms with van der Waals surface area (Å²) in [5, 5.41) is 9.52. The second kappa shape index (κ2) is 4.11. The van der Waals surface area contributed by atoms with Crippen LogP contribution in [-0.2, 0) is 0 Å². The lowest BCUT2D eigenvalue weighted by molar-refractivity contribution is 0.199. The van der Waals surface area contributed by atoms with Crippen LogP contribution in [0.3, 0.4) is 0 Å². The molecule has 1 aromatic rings. The van der Waals surface area contributed by atoms with Crippen LogP contribution in [0.5, 0.6) is 5.75 Å². The highest BCUT2D eigenvalue weighted by molar-refractivity contribution is 5.61. The first-order valence-corrected chi connectivity index (χ1v) is 5.42. The zero-order valence-corrected chi connectivity index (χ0v) is 9.23. The van der Waals surface area contributed by atoms with Crippen LogP contribution in [0, 0.1) is 0 Å². The van der Waals surface area contributed by atoms with E-state index in [1.54, 1.807) is 6.92 Å². The van der Waals surface area contributed by atoms with Gasteiger partial charge in [0, 0.05) is 6.54 Å². The minimum absolute atomic E-state index is 0.420. The van der Waals surface area contributed by atoms with Crippen molar-refractivity contribution in [1.29, 1.82) is 0 Å². The lowest BCUT2D eigenvalue weighted by Gasteiger charge is -2.30. The number of nitrogens with zero attached hydrogens (tertiary/aromatic N) is 1. The van der Waals surface area contributed by atoms with Gasteiger partial charge in [0.1, 0.15) is 12.4 Å². The van der Waals surface area contributed by atoms with Crippen molar-refractivity contribution in [3.63, 3.8) is 0 Å². The fourth-order valence-corrected chi connectivity index (χ4v) is 1.88. The molecule has 0 saturated carbocycles. The molecule has 2 rings (SSSR count). The van der Waals surface area contributed by atoms with Crippen molar-refractivity contribution in [2.24, 2.45) is 0 Å². The van der Waals surface area contributed by atoms with E-state index in [-0.39, 0.29) is 0 Å². The van der Waals surface area contributed by atoms with Crippen LogP contribution in [0.2, 0.25) is 0 Å². The van der Waals surface area contributed by atoms with Gasteiger partial charge in [-0.3, -0.25) is 0 Å². The Hall–Kier alpha value is -1.22. The molecular formula is C12H17NO2. The van der Waals surface area contributed by atoms with E-state index < -0.39 is 6.10 Å². The van der Waals surface area contributed by atoms with Gasteiger partial charge in [0.05, 0.1) is 18.3 Å². The molecule has 1 aliphatic heterocycles. The largest absolute Gasteiger partial charge is 0.490 e. The fraction of sp³-hybridized carbons (Fsp3) is 0.500. The highest BCUT2D eigenvalue weighted by atomic mass is 16.5. The molecular weight excluding hydrogens is 190 g/mol. The highest BCUT2D eigenvalue weighted by Crippen LogP contribution is 2.33. The molecule has 0 saturated heterocycles. The van der Waals surface area contributed by atoms with Gasteiger partial charge in [0.2, 0.25) is 0 Å². The minimum atomic E-state index is -0.420. The van der Waals surface area contributed by atoms with Crippen LogP contribution in [0.1, 0.15) is 25.5 Å². The Labute approximate surface area is 90.3 Å². The van der Waals surface area contributed by atoms with E-state index in [1.165, 1.54) is 0 Å². The summed E-state index contributed by atoms with van der Waals surface area (Å²) in [6.45, 7) is 6.55.